The van der Waals surface area contributed by atoms with Crippen LogP contribution >= 0.6 is 0 Å². The third kappa shape index (κ3) is 4.24. The van der Waals surface area contributed by atoms with Gasteiger partial charge in [0.1, 0.15) is 0 Å². The molecule has 2 rings (SSSR count). The van der Waals surface area contributed by atoms with E-state index in [1.807, 2.05) is 7.05 Å². The van der Waals surface area contributed by atoms with Gasteiger partial charge < -0.3 is 5.32 Å². The number of rotatable bonds is 5. The lowest BCUT2D eigenvalue weighted by atomic mass is 9.95. The maximum atomic E-state index is 13.1. The third-order valence-electron chi connectivity index (χ3n) is 4.19. The standard InChI is InChI=1S/C15H21F3N2O2S/c1-19-9-6-12-7-10-20(11-8-12)23(21,22)14-5-3-2-4-13(14)15(16,17)18/h2-5,12,19H,6-11H2,1H3. The Morgan fingerprint density at radius 3 is 2.39 bits per heavy atom. The first kappa shape index (κ1) is 18.2. The highest BCUT2D eigenvalue weighted by Gasteiger charge is 2.39. The van der Waals surface area contributed by atoms with Crippen LogP contribution in [0.2, 0.25) is 0 Å². The predicted octanol–water partition coefficient (Wildman–Crippen LogP) is 2.72. The molecule has 1 aromatic carbocycles. The van der Waals surface area contributed by atoms with Gasteiger partial charge in [-0.25, -0.2) is 8.42 Å². The van der Waals surface area contributed by atoms with Gasteiger partial charge in [0.15, 0.2) is 0 Å². The summed E-state index contributed by atoms with van der Waals surface area (Å²) in [6.45, 7) is 1.39. The predicted molar refractivity (Wildman–Crippen MR) is 81.5 cm³/mol. The van der Waals surface area contributed by atoms with E-state index in [9.17, 15) is 21.6 Å². The van der Waals surface area contributed by atoms with Crippen molar-refractivity contribution < 1.29 is 21.6 Å². The molecule has 4 nitrogen and oxygen atoms in total. The van der Waals surface area contributed by atoms with Crippen molar-refractivity contribution in [3.63, 3.8) is 0 Å². The highest BCUT2D eigenvalue weighted by atomic mass is 32.2. The van der Waals surface area contributed by atoms with Gasteiger partial charge in [0, 0.05) is 13.1 Å². The van der Waals surface area contributed by atoms with Crippen LogP contribution < -0.4 is 5.32 Å². The zero-order valence-corrected chi connectivity index (χ0v) is 13.8. The monoisotopic (exact) mass is 350 g/mol. The topological polar surface area (TPSA) is 49.4 Å². The fraction of sp³-hybridized carbons (Fsp3) is 0.600. The molecule has 0 aliphatic carbocycles. The van der Waals surface area contributed by atoms with Crippen molar-refractivity contribution in [3.8, 4) is 0 Å². The highest BCUT2D eigenvalue weighted by Crippen LogP contribution is 2.36. The number of nitrogens with one attached hydrogen (secondary N) is 1. The molecule has 0 saturated carbocycles. The molecule has 1 aliphatic heterocycles. The van der Waals surface area contributed by atoms with Crippen molar-refractivity contribution in [1.29, 1.82) is 0 Å². The molecule has 0 atom stereocenters. The zero-order chi connectivity index (χ0) is 17.1. The number of hydrogen-bond acceptors (Lipinski definition) is 3. The lowest BCUT2D eigenvalue weighted by Crippen LogP contribution is -2.39. The Labute approximate surface area is 134 Å². The van der Waals surface area contributed by atoms with Crippen LogP contribution in [0.1, 0.15) is 24.8 Å². The summed E-state index contributed by atoms with van der Waals surface area (Å²) < 4.78 is 65.5. The first-order valence-electron chi connectivity index (χ1n) is 7.58. The van der Waals surface area contributed by atoms with Gasteiger partial charge in [-0.3, -0.25) is 0 Å². The Bertz CT molecular complexity index is 624. The van der Waals surface area contributed by atoms with Crippen molar-refractivity contribution >= 4 is 10.0 Å². The van der Waals surface area contributed by atoms with Crippen molar-refractivity contribution in [2.75, 3.05) is 26.7 Å². The Hall–Kier alpha value is -1.12. The minimum atomic E-state index is -4.69. The number of hydrogen-bond donors (Lipinski definition) is 1. The maximum absolute atomic E-state index is 13.1. The van der Waals surface area contributed by atoms with Crippen molar-refractivity contribution in [1.82, 2.24) is 9.62 Å². The average Bonchev–Trinajstić information content (AvgIpc) is 2.52. The molecule has 1 aromatic rings. The van der Waals surface area contributed by atoms with E-state index in [-0.39, 0.29) is 13.1 Å². The second kappa shape index (κ2) is 7.19. The molecule has 1 fully saturated rings. The summed E-state index contributed by atoms with van der Waals surface area (Å²) in [7, 11) is -2.27. The molecular weight excluding hydrogens is 329 g/mol. The minimum absolute atomic E-state index is 0.267. The van der Waals surface area contributed by atoms with Crippen LogP contribution in [0.3, 0.4) is 0 Å². The summed E-state index contributed by atoms with van der Waals surface area (Å²) in [6.07, 6.45) is -2.39. The molecule has 1 N–H and O–H groups in total. The number of benzene rings is 1. The summed E-state index contributed by atoms with van der Waals surface area (Å²) in [6, 6.07) is 4.37. The number of alkyl halides is 3. The molecular formula is C15H21F3N2O2S. The fourth-order valence-corrected chi connectivity index (χ4v) is 4.53. The fourth-order valence-electron chi connectivity index (χ4n) is 2.85. The van der Waals surface area contributed by atoms with E-state index in [1.54, 1.807) is 0 Å². The SMILES string of the molecule is CNCCC1CCN(S(=O)(=O)c2ccccc2C(F)(F)F)CC1. The first-order valence-corrected chi connectivity index (χ1v) is 9.02. The summed E-state index contributed by atoms with van der Waals surface area (Å²) in [4.78, 5) is -0.652. The molecule has 0 amide bonds. The Balaban J connectivity index is 2.18. The lowest BCUT2D eigenvalue weighted by molar-refractivity contribution is -0.139. The second-order valence-electron chi connectivity index (χ2n) is 5.73. The van der Waals surface area contributed by atoms with Gasteiger partial charge in [0.05, 0.1) is 10.5 Å². The number of halogens is 3. The smallest absolute Gasteiger partial charge is 0.320 e. The Morgan fingerprint density at radius 1 is 1.22 bits per heavy atom. The molecule has 23 heavy (non-hydrogen) atoms. The van der Waals surface area contributed by atoms with Crippen molar-refractivity contribution in [3.05, 3.63) is 29.8 Å². The number of piperidine rings is 1. The Kier molecular flexibility index (Phi) is 5.70. The van der Waals surface area contributed by atoms with E-state index in [0.29, 0.717) is 18.8 Å². The van der Waals surface area contributed by atoms with Crippen molar-refractivity contribution in [2.24, 2.45) is 5.92 Å². The van der Waals surface area contributed by atoms with Gasteiger partial charge in [0.25, 0.3) is 0 Å². The van der Waals surface area contributed by atoms with Crippen LogP contribution in [0.4, 0.5) is 13.2 Å². The van der Waals surface area contributed by atoms with Crippen molar-refractivity contribution in [2.45, 2.75) is 30.3 Å². The molecule has 0 unspecified atom stereocenters. The zero-order valence-electron chi connectivity index (χ0n) is 12.9. The molecule has 130 valence electrons. The van der Waals surface area contributed by atoms with Crippen LogP contribution in [0, 0.1) is 5.92 Å². The molecule has 1 heterocycles. The van der Waals surface area contributed by atoms with E-state index in [1.165, 1.54) is 16.4 Å². The second-order valence-corrected chi connectivity index (χ2v) is 7.64. The Morgan fingerprint density at radius 2 is 1.83 bits per heavy atom. The lowest BCUT2D eigenvalue weighted by Gasteiger charge is -2.31. The quantitative estimate of drug-likeness (QED) is 0.888. The summed E-state index contributed by atoms with van der Waals surface area (Å²) in [5.41, 5.74) is -1.10. The molecule has 1 aliphatic rings. The summed E-state index contributed by atoms with van der Waals surface area (Å²) in [5, 5.41) is 3.05. The van der Waals surface area contributed by atoms with E-state index >= 15 is 0 Å². The van der Waals surface area contributed by atoms with Gasteiger partial charge >= 0.3 is 6.18 Å². The summed E-state index contributed by atoms with van der Waals surface area (Å²) >= 11 is 0. The van der Waals surface area contributed by atoms with E-state index in [2.05, 4.69) is 5.32 Å². The summed E-state index contributed by atoms with van der Waals surface area (Å²) in [5.74, 6) is 0.409. The molecule has 0 bridgehead atoms. The van der Waals surface area contributed by atoms with Crippen LogP contribution in [-0.2, 0) is 16.2 Å². The van der Waals surface area contributed by atoms with Gasteiger partial charge in [0.2, 0.25) is 10.0 Å². The van der Waals surface area contributed by atoms with Crippen LogP contribution in [-0.4, -0.2) is 39.4 Å². The van der Waals surface area contributed by atoms with Crippen LogP contribution in [0.25, 0.3) is 0 Å². The average molecular weight is 350 g/mol. The molecule has 0 aromatic heterocycles. The number of sulfonamides is 1. The highest BCUT2D eigenvalue weighted by molar-refractivity contribution is 7.89. The van der Waals surface area contributed by atoms with E-state index in [4.69, 9.17) is 0 Å². The van der Waals surface area contributed by atoms with E-state index < -0.39 is 26.7 Å². The van der Waals surface area contributed by atoms with E-state index in [0.717, 1.165) is 25.1 Å². The van der Waals surface area contributed by atoms with Crippen LogP contribution in [0.15, 0.2) is 29.2 Å². The van der Waals surface area contributed by atoms with Gasteiger partial charge in [-0.05, 0) is 50.9 Å². The largest absolute Gasteiger partial charge is 0.417 e. The molecule has 1 saturated heterocycles. The minimum Gasteiger partial charge on any atom is -0.320 e. The molecule has 0 spiro atoms. The molecule has 8 heteroatoms. The van der Waals surface area contributed by atoms with Gasteiger partial charge in [-0.1, -0.05) is 12.1 Å². The number of nitrogens with zero attached hydrogens (tertiary/aromatic N) is 1. The third-order valence-corrected chi connectivity index (χ3v) is 6.14. The van der Waals surface area contributed by atoms with Gasteiger partial charge in [-0.15, -0.1) is 0 Å². The van der Waals surface area contributed by atoms with Crippen LogP contribution in [0.5, 0.6) is 0 Å². The van der Waals surface area contributed by atoms with Gasteiger partial charge in [-0.2, -0.15) is 17.5 Å². The maximum Gasteiger partial charge on any atom is 0.417 e. The molecule has 0 radical (unpaired) electrons. The normalized spacial score (nSPS) is 18.3. The first-order chi connectivity index (χ1) is 10.8.